The fourth-order valence-electron chi connectivity index (χ4n) is 1.19. The summed E-state index contributed by atoms with van der Waals surface area (Å²) in [6, 6.07) is 7.75. The van der Waals surface area contributed by atoms with Crippen molar-refractivity contribution >= 4 is 23.0 Å². The van der Waals surface area contributed by atoms with Crippen LogP contribution in [0.4, 0.5) is 23.0 Å². The summed E-state index contributed by atoms with van der Waals surface area (Å²) >= 11 is 0. The van der Waals surface area contributed by atoms with Crippen LogP contribution in [0.25, 0.3) is 0 Å². The molecule has 1 aromatic carbocycles. The summed E-state index contributed by atoms with van der Waals surface area (Å²) in [5, 5.41) is 28.1. The number of hydrogen-bond donors (Lipinski definition) is 7. The van der Waals surface area contributed by atoms with Gasteiger partial charge in [-0.15, -0.1) is 0 Å². The fraction of sp³-hybridized carbons (Fsp3) is 0.214. The Morgan fingerprint density at radius 1 is 1.09 bits per heavy atom. The maximum atomic E-state index is 9.16. The van der Waals surface area contributed by atoms with Gasteiger partial charge < -0.3 is 37.8 Å². The molecule has 0 unspecified atom stereocenters. The first-order valence-electron chi connectivity index (χ1n) is 6.43. The van der Waals surface area contributed by atoms with Crippen LogP contribution in [0.2, 0.25) is 0 Å². The Kier molecular flexibility index (Phi) is 13.0. The van der Waals surface area contributed by atoms with Crippen molar-refractivity contribution in [1.29, 1.82) is 0 Å². The number of aromatic hydroxyl groups is 2. The van der Waals surface area contributed by atoms with Crippen LogP contribution in [-0.2, 0) is 32.7 Å². The summed E-state index contributed by atoms with van der Waals surface area (Å²) in [6.07, 6.45) is 0. The van der Waals surface area contributed by atoms with Crippen molar-refractivity contribution in [2.24, 2.45) is 0 Å². The average molecular weight is 398 g/mol. The van der Waals surface area contributed by atoms with E-state index in [0.717, 1.165) is 0 Å². The molecule has 0 amide bonds. The van der Waals surface area contributed by atoms with Crippen LogP contribution in [-0.4, -0.2) is 34.0 Å². The van der Waals surface area contributed by atoms with Gasteiger partial charge >= 0.3 is 0 Å². The summed E-state index contributed by atoms with van der Waals surface area (Å²) in [5.41, 5.74) is 17.0. The molecule has 8 nitrogen and oxygen atoms in total. The number of hydrogen-bond acceptors (Lipinski definition) is 8. The van der Waals surface area contributed by atoms with E-state index < -0.39 is 0 Å². The number of nitrogen functional groups attached to an aromatic ring is 3. The number of aliphatic hydroxyl groups excluding tert-OH is 1. The monoisotopic (exact) mass is 398 g/mol. The van der Waals surface area contributed by atoms with Gasteiger partial charge in [-0.2, -0.15) is 0 Å². The van der Waals surface area contributed by atoms with Crippen LogP contribution in [0.1, 0.15) is 6.92 Å². The minimum atomic E-state index is -0.000741. The second-order valence-corrected chi connectivity index (χ2v) is 3.99. The van der Waals surface area contributed by atoms with Gasteiger partial charge in [0.15, 0.2) is 11.6 Å². The van der Waals surface area contributed by atoms with Crippen molar-refractivity contribution in [2.75, 3.05) is 36.2 Å². The minimum Gasteiger partial charge on any atom is -0.508 e. The van der Waals surface area contributed by atoms with Gasteiger partial charge in [-0.05, 0) is 31.2 Å². The Balaban J connectivity index is 0. The molecule has 0 fully saturated rings. The molecule has 9 heteroatoms. The first-order valence-corrected chi connectivity index (χ1v) is 6.43. The second-order valence-electron chi connectivity index (χ2n) is 3.99. The molecule has 0 saturated carbocycles. The zero-order valence-electron chi connectivity index (χ0n) is 13.2. The van der Waals surface area contributed by atoms with Gasteiger partial charge in [-0.1, -0.05) is 0 Å². The predicted molar refractivity (Wildman–Crippen MR) is 89.6 cm³/mol. The standard InChI is InChI=1S/C6H10N4O.C6H7NO.C2H6O.Y/c1-9-6-4(11)2-3(7)5(8)10-6;7-5-1-3-6(8)4-2-5;1-2-3;/h2,11H,7H2,1H3,(H3,8,9,10);1-4,8H,7H2;3H,2H2,1H3;. The number of anilines is 4. The minimum absolute atomic E-state index is 0. The maximum Gasteiger partial charge on any atom is 0.170 e. The topological polar surface area (TPSA) is 164 Å². The maximum absolute atomic E-state index is 9.16. The molecule has 0 spiro atoms. The Morgan fingerprint density at radius 3 is 1.96 bits per heavy atom. The van der Waals surface area contributed by atoms with Gasteiger partial charge in [-0.3, -0.25) is 0 Å². The molecule has 1 radical (unpaired) electrons. The molecule has 23 heavy (non-hydrogen) atoms. The van der Waals surface area contributed by atoms with E-state index in [1.54, 1.807) is 38.2 Å². The van der Waals surface area contributed by atoms with E-state index >= 15 is 0 Å². The predicted octanol–water partition coefficient (Wildman–Crippen LogP) is 0.964. The number of benzene rings is 1. The van der Waals surface area contributed by atoms with Gasteiger partial charge in [0.1, 0.15) is 11.6 Å². The zero-order valence-corrected chi connectivity index (χ0v) is 16.0. The third kappa shape index (κ3) is 9.77. The number of nitrogens with one attached hydrogen (secondary N) is 1. The molecule has 0 atom stereocenters. The van der Waals surface area contributed by atoms with Crippen LogP contribution in [0.5, 0.6) is 11.5 Å². The van der Waals surface area contributed by atoms with Crippen molar-refractivity contribution in [3.8, 4) is 11.5 Å². The van der Waals surface area contributed by atoms with Crippen molar-refractivity contribution in [3.63, 3.8) is 0 Å². The van der Waals surface area contributed by atoms with Gasteiger partial charge in [0, 0.05) is 58.1 Å². The second kappa shape index (κ2) is 12.7. The van der Waals surface area contributed by atoms with E-state index in [4.69, 9.17) is 32.5 Å². The largest absolute Gasteiger partial charge is 0.508 e. The molecule has 0 bridgehead atoms. The van der Waals surface area contributed by atoms with E-state index in [2.05, 4.69) is 10.3 Å². The average Bonchev–Trinajstić information content (AvgIpc) is 2.47. The van der Waals surface area contributed by atoms with Gasteiger partial charge in [0.05, 0.1) is 5.69 Å². The number of rotatable bonds is 1. The molecule has 0 saturated heterocycles. The summed E-state index contributed by atoms with van der Waals surface area (Å²) in [6.45, 7) is 1.93. The van der Waals surface area contributed by atoms with Crippen molar-refractivity contribution < 1.29 is 48.0 Å². The summed E-state index contributed by atoms with van der Waals surface area (Å²) in [4.78, 5) is 3.78. The molecule has 2 aromatic rings. The molecule has 2 rings (SSSR count). The number of phenolic OH excluding ortho intramolecular Hbond substituents is 1. The SMILES string of the molecule is CCO.CNc1nc(N)c(N)cc1O.Nc1ccc(O)cc1.[Y]. The molecule has 125 valence electrons. The summed E-state index contributed by atoms with van der Waals surface area (Å²) in [5.74, 6) is 0.794. The van der Waals surface area contributed by atoms with Crippen LogP contribution in [0, 0.1) is 0 Å². The van der Waals surface area contributed by atoms with Crippen LogP contribution < -0.4 is 22.5 Å². The van der Waals surface area contributed by atoms with E-state index in [0.29, 0.717) is 11.5 Å². The Morgan fingerprint density at radius 2 is 1.57 bits per heavy atom. The van der Waals surface area contributed by atoms with E-state index in [1.807, 2.05) is 0 Å². The van der Waals surface area contributed by atoms with Gasteiger partial charge in [0.25, 0.3) is 0 Å². The molecule has 1 heterocycles. The Labute approximate surface area is 160 Å². The summed E-state index contributed by atoms with van der Waals surface area (Å²) < 4.78 is 0. The fourth-order valence-corrected chi connectivity index (χ4v) is 1.19. The zero-order chi connectivity index (χ0) is 17.1. The first kappa shape index (κ1) is 23.5. The summed E-state index contributed by atoms with van der Waals surface area (Å²) in [7, 11) is 1.64. The number of aromatic nitrogens is 1. The smallest absolute Gasteiger partial charge is 0.170 e. The van der Waals surface area contributed by atoms with Crippen LogP contribution >= 0.6 is 0 Å². The number of nitrogens with zero attached hydrogens (tertiary/aromatic N) is 1. The van der Waals surface area contributed by atoms with Crippen LogP contribution in [0.3, 0.4) is 0 Å². The molecule has 1 aromatic heterocycles. The van der Waals surface area contributed by atoms with Crippen LogP contribution in [0.15, 0.2) is 30.3 Å². The third-order valence-electron chi connectivity index (χ3n) is 2.19. The normalized spacial score (nSPS) is 8.48. The van der Waals surface area contributed by atoms with Crippen molar-refractivity contribution in [2.45, 2.75) is 6.92 Å². The Bertz CT molecular complexity index is 546. The van der Waals surface area contributed by atoms with Crippen molar-refractivity contribution in [1.82, 2.24) is 4.98 Å². The number of phenols is 1. The molecule has 0 aliphatic rings. The van der Waals surface area contributed by atoms with Gasteiger partial charge in [-0.25, -0.2) is 4.98 Å². The molecule has 10 N–H and O–H groups in total. The van der Waals surface area contributed by atoms with E-state index in [9.17, 15) is 0 Å². The first-order chi connectivity index (χ1) is 10.3. The Hall–Kier alpha value is -1.77. The van der Waals surface area contributed by atoms with E-state index in [1.165, 1.54) is 6.07 Å². The number of nitrogens with two attached hydrogens (primary N) is 3. The number of pyridine rings is 1. The molecule has 0 aliphatic heterocycles. The molecular weight excluding hydrogens is 375 g/mol. The van der Waals surface area contributed by atoms with Gasteiger partial charge in [0.2, 0.25) is 0 Å². The molecular formula is C14H23N5O3Y. The molecule has 0 aliphatic carbocycles. The quantitative estimate of drug-likeness (QED) is 0.276. The van der Waals surface area contributed by atoms with Crippen molar-refractivity contribution in [3.05, 3.63) is 30.3 Å². The number of aliphatic hydroxyl groups is 1. The third-order valence-corrected chi connectivity index (χ3v) is 2.19. The van der Waals surface area contributed by atoms with E-state index in [-0.39, 0.29) is 62.3 Å².